The molecule has 0 spiro atoms. The summed E-state index contributed by atoms with van der Waals surface area (Å²) in [4.78, 5) is 12.8. The Morgan fingerprint density at radius 1 is 1.92 bits per heavy atom. The third-order valence-corrected chi connectivity index (χ3v) is 1.75. The van der Waals surface area contributed by atoms with E-state index < -0.39 is 0 Å². The van der Waals surface area contributed by atoms with Crippen LogP contribution in [0.4, 0.5) is 4.79 Å². The molecular weight excluding hydrogens is 156 g/mol. The van der Waals surface area contributed by atoms with Gasteiger partial charge in [0.05, 0.1) is 12.8 Å². The van der Waals surface area contributed by atoms with E-state index in [1.807, 2.05) is 6.92 Å². The van der Waals surface area contributed by atoms with Crippen molar-refractivity contribution in [3.05, 3.63) is 12.8 Å². The number of nitrogens with zero attached hydrogens (tertiary/aromatic N) is 1. The number of nitrogens with one attached hydrogen (secondary N) is 1. The second-order valence-electron chi connectivity index (χ2n) is 2.79. The van der Waals surface area contributed by atoms with E-state index in [0.29, 0.717) is 6.54 Å². The van der Waals surface area contributed by atoms with Gasteiger partial charge in [-0.2, -0.15) is 0 Å². The summed E-state index contributed by atoms with van der Waals surface area (Å²) in [6.45, 7) is 7.49. The summed E-state index contributed by atoms with van der Waals surface area (Å²) in [6, 6.07) is -0.00508. The minimum Gasteiger partial charge on any atom is -0.497 e. The highest BCUT2D eigenvalue weighted by atomic mass is 16.5. The quantitative estimate of drug-likeness (QED) is 0.626. The van der Waals surface area contributed by atoms with Crippen molar-refractivity contribution in [3.63, 3.8) is 0 Å². The van der Waals surface area contributed by atoms with E-state index in [2.05, 4.69) is 11.9 Å². The van der Waals surface area contributed by atoms with Gasteiger partial charge in [0.2, 0.25) is 0 Å². The molecule has 2 amide bonds. The van der Waals surface area contributed by atoms with Crippen molar-refractivity contribution in [1.29, 1.82) is 0 Å². The molecule has 4 heteroatoms. The Labute approximate surface area is 72.2 Å². The van der Waals surface area contributed by atoms with Crippen LogP contribution in [-0.2, 0) is 4.74 Å². The first-order chi connectivity index (χ1) is 5.74. The predicted molar refractivity (Wildman–Crippen MR) is 45.7 cm³/mol. The molecule has 4 nitrogen and oxygen atoms in total. The molecule has 0 radical (unpaired) electrons. The molecule has 68 valence electrons. The van der Waals surface area contributed by atoms with Crippen LogP contribution in [0, 0.1) is 0 Å². The highest BCUT2D eigenvalue weighted by Crippen LogP contribution is 2.00. The molecule has 0 aromatic rings. The molecule has 1 aliphatic heterocycles. The van der Waals surface area contributed by atoms with Gasteiger partial charge in [-0.15, -0.1) is 0 Å². The van der Waals surface area contributed by atoms with Crippen molar-refractivity contribution in [2.45, 2.75) is 13.0 Å². The Balaban J connectivity index is 2.29. The third kappa shape index (κ3) is 2.15. The summed E-state index contributed by atoms with van der Waals surface area (Å²) in [6.07, 6.45) is 1.42. The Kier molecular flexibility index (Phi) is 2.96. The lowest BCUT2D eigenvalue weighted by atomic mass is 10.4. The largest absolute Gasteiger partial charge is 0.497 e. The Morgan fingerprint density at radius 3 is 3.17 bits per heavy atom. The van der Waals surface area contributed by atoms with Crippen LogP contribution < -0.4 is 5.32 Å². The number of carbonyl (C=O) groups excluding carboxylic acids is 1. The Bertz CT molecular complexity index is 182. The van der Waals surface area contributed by atoms with Gasteiger partial charge in [-0.05, 0) is 6.92 Å². The molecule has 0 aliphatic carbocycles. The van der Waals surface area contributed by atoms with Gasteiger partial charge in [-0.3, -0.25) is 0 Å². The van der Waals surface area contributed by atoms with Gasteiger partial charge in [0.25, 0.3) is 0 Å². The minimum absolute atomic E-state index is 0.00508. The first-order valence-corrected chi connectivity index (χ1v) is 4.03. The molecule has 1 atom stereocenters. The smallest absolute Gasteiger partial charge is 0.317 e. The molecule has 12 heavy (non-hydrogen) atoms. The Morgan fingerprint density at radius 2 is 2.67 bits per heavy atom. The molecule has 1 fully saturated rings. The second kappa shape index (κ2) is 3.99. The van der Waals surface area contributed by atoms with Crippen molar-refractivity contribution in [1.82, 2.24) is 10.2 Å². The maximum Gasteiger partial charge on any atom is 0.317 e. The lowest BCUT2D eigenvalue weighted by molar-refractivity contribution is 0.125. The lowest BCUT2D eigenvalue weighted by Crippen LogP contribution is -2.34. The Hall–Kier alpha value is -1.19. The molecule has 0 saturated carbocycles. The molecule has 0 bridgehead atoms. The number of hydrogen-bond donors (Lipinski definition) is 1. The van der Waals surface area contributed by atoms with Gasteiger partial charge >= 0.3 is 6.03 Å². The normalized spacial score (nSPS) is 18.8. The zero-order chi connectivity index (χ0) is 8.97. The van der Waals surface area contributed by atoms with E-state index in [1.54, 1.807) is 4.90 Å². The molecular formula is C8H14N2O2. The van der Waals surface area contributed by atoms with E-state index in [1.165, 1.54) is 6.26 Å². The molecule has 0 aromatic heterocycles. The summed E-state index contributed by atoms with van der Waals surface area (Å²) in [5, 5.41) is 2.72. The fourth-order valence-electron chi connectivity index (χ4n) is 1.20. The first-order valence-electron chi connectivity index (χ1n) is 4.03. The molecule has 1 saturated heterocycles. The molecule has 1 aliphatic rings. The second-order valence-corrected chi connectivity index (χ2v) is 2.79. The van der Waals surface area contributed by atoms with Crippen molar-refractivity contribution < 1.29 is 9.53 Å². The number of urea groups is 1. The maximum absolute atomic E-state index is 11.0. The van der Waals surface area contributed by atoms with E-state index >= 15 is 0 Å². The summed E-state index contributed by atoms with van der Waals surface area (Å²) in [5.74, 6) is 0. The van der Waals surface area contributed by atoms with Crippen LogP contribution in [0.3, 0.4) is 0 Å². The predicted octanol–water partition coefficient (Wildman–Crippen LogP) is 0.560. The maximum atomic E-state index is 11.0. The van der Waals surface area contributed by atoms with Gasteiger partial charge in [-0.1, -0.05) is 6.58 Å². The number of ether oxygens (including phenoxy) is 1. The number of carbonyl (C=O) groups is 1. The number of amides is 2. The molecule has 1 rings (SSSR count). The standard InChI is InChI=1S/C8H14N2O2/c1-3-12-7(2)6-10-5-4-9-8(10)11/h3,7H,1,4-6H2,2H3,(H,9,11). The van der Waals surface area contributed by atoms with Crippen LogP contribution in [0.15, 0.2) is 12.8 Å². The fraction of sp³-hybridized carbons (Fsp3) is 0.625. The van der Waals surface area contributed by atoms with Crippen LogP contribution in [0.2, 0.25) is 0 Å². The minimum atomic E-state index is -0.00508. The van der Waals surface area contributed by atoms with Gasteiger partial charge in [0, 0.05) is 13.1 Å². The highest BCUT2D eigenvalue weighted by molar-refractivity contribution is 5.76. The third-order valence-electron chi connectivity index (χ3n) is 1.75. The van der Waals surface area contributed by atoms with E-state index in [0.717, 1.165) is 13.1 Å². The lowest BCUT2D eigenvalue weighted by Gasteiger charge is -2.18. The van der Waals surface area contributed by atoms with Gasteiger partial charge in [-0.25, -0.2) is 4.79 Å². The topological polar surface area (TPSA) is 41.6 Å². The fourth-order valence-corrected chi connectivity index (χ4v) is 1.20. The monoisotopic (exact) mass is 170 g/mol. The van der Waals surface area contributed by atoms with E-state index in [9.17, 15) is 4.79 Å². The van der Waals surface area contributed by atoms with Crippen LogP contribution in [0.25, 0.3) is 0 Å². The zero-order valence-corrected chi connectivity index (χ0v) is 7.25. The van der Waals surface area contributed by atoms with Crippen LogP contribution >= 0.6 is 0 Å². The van der Waals surface area contributed by atoms with Crippen molar-refractivity contribution in [2.24, 2.45) is 0 Å². The van der Waals surface area contributed by atoms with E-state index in [4.69, 9.17) is 4.74 Å². The summed E-state index contributed by atoms with van der Waals surface area (Å²) < 4.78 is 5.09. The molecule has 0 aromatic carbocycles. The van der Waals surface area contributed by atoms with Crippen molar-refractivity contribution >= 4 is 6.03 Å². The SMILES string of the molecule is C=COC(C)CN1CCNC1=O. The average molecular weight is 170 g/mol. The average Bonchev–Trinajstić information content (AvgIpc) is 2.37. The summed E-state index contributed by atoms with van der Waals surface area (Å²) in [7, 11) is 0. The molecule has 1 heterocycles. The van der Waals surface area contributed by atoms with Gasteiger partial charge < -0.3 is 15.0 Å². The molecule has 1 unspecified atom stereocenters. The first kappa shape index (κ1) is 8.90. The number of rotatable bonds is 4. The van der Waals surface area contributed by atoms with Crippen LogP contribution in [-0.4, -0.2) is 36.7 Å². The zero-order valence-electron chi connectivity index (χ0n) is 7.25. The van der Waals surface area contributed by atoms with Gasteiger partial charge in [0.15, 0.2) is 0 Å². The van der Waals surface area contributed by atoms with Gasteiger partial charge in [0.1, 0.15) is 6.10 Å². The number of hydrogen-bond acceptors (Lipinski definition) is 2. The molecule has 1 N–H and O–H groups in total. The van der Waals surface area contributed by atoms with Crippen LogP contribution in [0.1, 0.15) is 6.92 Å². The summed E-state index contributed by atoms with van der Waals surface area (Å²) in [5.41, 5.74) is 0. The summed E-state index contributed by atoms with van der Waals surface area (Å²) >= 11 is 0. The van der Waals surface area contributed by atoms with Crippen molar-refractivity contribution in [3.8, 4) is 0 Å². The van der Waals surface area contributed by atoms with Crippen LogP contribution in [0.5, 0.6) is 0 Å². The van der Waals surface area contributed by atoms with Crippen molar-refractivity contribution in [2.75, 3.05) is 19.6 Å². The highest BCUT2D eigenvalue weighted by Gasteiger charge is 2.21. The van der Waals surface area contributed by atoms with E-state index in [-0.39, 0.29) is 12.1 Å².